The first-order chi connectivity index (χ1) is 6.27. The molecule has 0 amide bonds. The molecule has 1 aromatic carbocycles. The van der Waals surface area contributed by atoms with Crippen molar-refractivity contribution in [1.82, 2.24) is 0 Å². The van der Waals surface area contributed by atoms with Crippen molar-refractivity contribution in [1.29, 1.82) is 0 Å². The molecule has 0 heterocycles. The molecule has 0 bridgehead atoms. The summed E-state index contributed by atoms with van der Waals surface area (Å²) in [4.78, 5) is 0. The number of hydrogen-bond acceptors (Lipinski definition) is 2. The fourth-order valence-corrected chi connectivity index (χ4v) is 1.03. The molecule has 0 saturated carbocycles. The highest BCUT2D eigenvalue weighted by molar-refractivity contribution is 9.09. The number of alkyl halides is 1. The van der Waals surface area contributed by atoms with E-state index in [-0.39, 0.29) is 5.75 Å². The minimum absolute atomic E-state index is 0.131. The van der Waals surface area contributed by atoms with Gasteiger partial charge in [0.1, 0.15) is 0 Å². The van der Waals surface area contributed by atoms with E-state index in [9.17, 15) is 5.11 Å². The van der Waals surface area contributed by atoms with Crippen molar-refractivity contribution in [2.75, 3.05) is 12.4 Å². The number of benzene rings is 1. The topological polar surface area (TPSA) is 29.5 Å². The molecule has 13 heavy (non-hydrogen) atoms. The Labute approximate surface area is 85.7 Å². The molecule has 68 valence electrons. The van der Waals surface area contributed by atoms with Gasteiger partial charge in [0.25, 0.3) is 0 Å². The van der Waals surface area contributed by atoms with E-state index in [0.717, 1.165) is 5.56 Å². The van der Waals surface area contributed by atoms with Crippen LogP contribution in [0.5, 0.6) is 11.5 Å². The largest absolute Gasteiger partial charge is 0.504 e. The Morgan fingerprint density at radius 3 is 2.92 bits per heavy atom. The summed E-state index contributed by atoms with van der Waals surface area (Å²) in [7, 11) is 1.51. The first-order valence-corrected chi connectivity index (χ1v) is 4.82. The van der Waals surface area contributed by atoms with Gasteiger partial charge in [-0.3, -0.25) is 0 Å². The summed E-state index contributed by atoms with van der Waals surface area (Å²) in [5.74, 6) is 6.35. The molecule has 0 unspecified atom stereocenters. The molecule has 2 nitrogen and oxygen atoms in total. The van der Waals surface area contributed by atoms with E-state index in [0.29, 0.717) is 11.1 Å². The summed E-state index contributed by atoms with van der Waals surface area (Å²) in [6, 6.07) is 5.01. The average molecular weight is 241 g/mol. The number of aromatic hydroxyl groups is 1. The molecule has 0 saturated heterocycles. The van der Waals surface area contributed by atoms with Crippen LogP contribution >= 0.6 is 15.9 Å². The van der Waals surface area contributed by atoms with Crippen molar-refractivity contribution in [3.63, 3.8) is 0 Å². The van der Waals surface area contributed by atoms with Gasteiger partial charge in [0.05, 0.1) is 12.4 Å². The van der Waals surface area contributed by atoms with Gasteiger partial charge >= 0.3 is 0 Å². The van der Waals surface area contributed by atoms with Crippen LogP contribution in [0, 0.1) is 11.8 Å². The summed E-state index contributed by atoms with van der Waals surface area (Å²) in [5.41, 5.74) is 0.828. The Bertz CT molecular complexity index is 350. The fourth-order valence-electron chi connectivity index (χ4n) is 0.891. The first kappa shape index (κ1) is 9.94. The minimum atomic E-state index is 0.131. The number of phenolic OH excluding ortho intramolecular Hbond substituents is 1. The predicted octanol–water partition coefficient (Wildman–Crippen LogP) is 2.15. The minimum Gasteiger partial charge on any atom is -0.504 e. The standard InChI is InChI=1S/C10H9BrO2/c1-13-10-7-8(3-2-6-11)4-5-9(10)12/h4-5,7,12H,6H2,1H3. The van der Waals surface area contributed by atoms with Crippen LogP contribution in [0.2, 0.25) is 0 Å². The highest BCUT2D eigenvalue weighted by atomic mass is 79.9. The normalized spacial score (nSPS) is 8.77. The number of hydrogen-bond donors (Lipinski definition) is 1. The third-order valence-corrected chi connectivity index (χ3v) is 1.76. The van der Waals surface area contributed by atoms with Crippen molar-refractivity contribution in [2.24, 2.45) is 0 Å². The summed E-state index contributed by atoms with van der Waals surface area (Å²) in [6.45, 7) is 0. The van der Waals surface area contributed by atoms with Crippen LogP contribution in [0.4, 0.5) is 0 Å². The van der Waals surface area contributed by atoms with Crippen LogP contribution in [-0.4, -0.2) is 17.5 Å². The van der Waals surface area contributed by atoms with Crippen molar-refractivity contribution in [2.45, 2.75) is 0 Å². The maximum Gasteiger partial charge on any atom is 0.161 e. The van der Waals surface area contributed by atoms with Gasteiger partial charge in [-0.1, -0.05) is 27.8 Å². The first-order valence-electron chi connectivity index (χ1n) is 3.69. The molecule has 0 aliphatic heterocycles. The van der Waals surface area contributed by atoms with Crippen LogP contribution in [0.15, 0.2) is 18.2 Å². The number of rotatable bonds is 1. The maximum atomic E-state index is 9.28. The second-order valence-electron chi connectivity index (χ2n) is 2.32. The van der Waals surface area contributed by atoms with Crippen molar-refractivity contribution in [3.8, 4) is 23.3 Å². The molecular weight excluding hydrogens is 232 g/mol. The highest BCUT2D eigenvalue weighted by Crippen LogP contribution is 2.25. The lowest BCUT2D eigenvalue weighted by molar-refractivity contribution is 0.373. The lowest BCUT2D eigenvalue weighted by Gasteiger charge is -2.02. The third kappa shape index (κ3) is 2.67. The number of phenols is 1. The van der Waals surface area contributed by atoms with Crippen molar-refractivity contribution in [3.05, 3.63) is 23.8 Å². The van der Waals surface area contributed by atoms with E-state index in [1.807, 2.05) is 0 Å². The van der Waals surface area contributed by atoms with Gasteiger partial charge in [0.2, 0.25) is 0 Å². The van der Waals surface area contributed by atoms with E-state index >= 15 is 0 Å². The Kier molecular flexibility index (Phi) is 3.66. The quantitative estimate of drug-likeness (QED) is 0.603. The summed E-state index contributed by atoms with van der Waals surface area (Å²) in [5, 5.41) is 9.91. The summed E-state index contributed by atoms with van der Waals surface area (Å²) < 4.78 is 4.94. The van der Waals surface area contributed by atoms with Gasteiger partial charge in [-0.05, 0) is 18.2 Å². The van der Waals surface area contributed by atoms with E-state index in [2.05, 4.69) is 27.8 Å². The Morgan fingerprint density at radius 2 is 2.31 bits per heavy atom. The molecule has 0 atom stereocenters. The molecule has 1 N–H and O–H groups in total. The van der Waals surface area contributed by atoms with Crippen LogP contribution in [0.1, 0.15) is 5.56 Å². The number of methoxy groups -OCH3 is 1. The number of halogens is 1. The van der Waals surface area contributed by atoms with Gasteiger partial charge in [0.15, 0.2) is 11.5 Å². The zero-order valence-electron chi connectivity index (χ0n) is 7.17. The number of ether oxygens (including phenoxy) is 1. The zero-order chi connectivity index (χ0) is 9.68. The SMILES string of the molecule is COc1cc(C#CCBr)ccc1O. The molecular formula is C10H9BrO2. The van der Waals surface area contributed by atoms with Gasteiger partial charge < -0.3 is 9.84 Å². The van der Waals surface area contributed by atoms with Crippen LogP contribution in [0.3, 0.4) is 0 Å². The van der Waals surface area contributed by atoms with Gasteiger partial charge in [-0.15, -0.1) is 0 Å². The highest BCUT2D eigenvalue weighted by Gasteiger charge is 1.99. The molecule has 1 aromatic rings. The lowest BCUT2D eigenvalue weighted by Crippen LogP contribution is -1.84. The average Bonchev–Trinajstić information content (AvgIpc) is 2.16. The van der Waals surface area contributed by atoms with Crippen LogP contribution in [-0.2, 0) is 0 Å². The monoisotopic (exact) mass is 240 g/mol. The predicted molar refractivity (Wildman–Crippen MR) is 55.3 cm³/mol. The van der Waals surface area contributed by atoms with E-state index in [4.69, 9.17) is 4.74 Å². The zero-order valence-corrected chi connectivity index (χ0v) is 8.76. The smallest absolute Gasteiger partial charge is 0.161 e. The maximum absolute atomic E-state index is 9.28. The van der Waals surface area contributed by atoms with Gasteiger partial charge in [-0.2, -0.15) is 0 Å². The van der Waals surface area contributed by atoms with E-state index in [1.165, 1.54) is 7.11 Å². The summed E-state index contributed by atoms with van der Waals surface area (Å²) >= 11 is 3.20. The van der Waals surface area contributed by atoms with Gasteiger partial charge in [-0.25, -0.2) is 0 Å². The van der Waals surface area contributed by atoms with Crippen molar-refractivity contribution < 1.29 is 9.84 Å². The van der Waals surface area contributed by atoms with E-state index < -0.39 is 0 Å². The third-order valence-electron chi connectivity index (χ3n) is 1.48. The van der Waals surface area contributed by atoms with E-state index in [1.54, 1.807) is 18.2 Å². The van der Waals surface area contributed by atoms with Crippen LogP contribution in [0.25, 0.3) is 0 Å². The molecule has 0 aliphatic rings. The molecule has 3 heteroatoms. The molecule has 1 rings (SSSR count). The van der Waals surface area contributed by atoms with Crippen molar-refractivity contribution >= 4 is 15.9 Å². The Hall–Kier alpha value is -1.14. The molecule has 0 fully saturated rings. The summed E-state index contributed by atoms with van der Waals surface area (Å²) in [6.07, 6.45) is 0. The second-order valence-corrected chi connectivity index (χ2v) is 2.88. The molecule has 0 radical (unpaired) electrons. The fraction of sp³-hybridized carbons (Fsp3) is 0.200. The molecule has 0 aliphatic carbocycles. The van der Waals surface area contributed by atoms with Gasteiger partial charge in [0, 0.05) is 5.56 Å². The Balaban J connectivity index is 2.99. The second kappa shape index (κ2) is 4.78. The Morgan fingerprint density at radius 1 is 1.54 bits per heavy atom. The molecule has 0 aromatic heterocycles. The van der Waals surface area contributed by atoms with Crippen LogP contribution < -0.4 is 4.74 Å². The lowest BCUT2D eigenvalue weighted by atomic mass is 10.2. The molecule has 0 spiro atoms.